The molecule has 0 aliphatic rings. The molecule has 7 nitrogen and oxygen atoms in total. The molecule has 0 aliphatic heterocycles. The largest absolute Gasteiger partial charge is 0.339 e. The Kier molecular flexibility index (Phi) is 6.08. The number of hydrogen-bond acceptors (Lipinski definition) is 4. The molecule has 2 aromatic heterocycles. The van der Waals surface area contributed by atoms with Gasteiger partial charge >= 0.3 is 0 Å². The highest BCUT2D eigenvalue weighted by atomic mass is 79.9. The number of aromatic nitrogens is 2. The first kappa shape index (κ1) is 18.9. The molecule has 25 heavy (non-hydrogen) atoms. The molecule has 0 saturated carbocycles. The van der Waals surface area contributed by atoms with E-state index in [1.54, 1.807) is 17.2 Å². The minimum Gasteiger partial charge on any atom is -0.339 e. The highest BCUT2D eigenvalue weighted by molar-refractivity contribution is 9.10. The van der Waals surface area contributed by atoms with Crippen LogP contribution < -0.4 is 10.9 Å². The first-order chi connectivity index (χ1) is 11.9. The van der Waals surface area contributed by atoms with E-state index in [2.05, 4.69) is 26.2 Å². The summed E-state index contributed by atoms with van der Waals surface area (Å²) in [5, 5.41) is 2.56. The normalized spacial score (nSPS) is 10.4. The van der Waals surface area contributed by atoms with Gasteiger partial charge in [-0.1, -0.05) is 0 Å². The van der Waals surface area contributed by atoms with Crippen LogP contribution in [0.25, 0.3) is 0 Å². The number of carbonyl (C=O) groups excluding carboxylic acids is 2. The van der Waals surface area contributed by atoms with Crippen LogP contribution in [0, 0.1) is 0 Å². The van der Waals surface area contributed by atoms with Gasteiger partial charge in [-0.2, -0.15) is 0 Å². The summed E-state index contributed by atoms with van der Waals surface area (Å²) in [5.41, 5.74) is 0.295. The molecule has 0 aliphatic carbocycles. The van der Waals surface area contributed by atoms with Crippen molar-refractivity contribution in [2.75, 3.05) is 18.4 Å². The Bertz CT molecular complexity index is 859. The van der Waals surface area contributed by atoms with E-state index < -0.39 is 11.5 Å². The number of anilines is 1. The Balaban J connectivity index is 2.36. The third-order valence-corrected chi connectivity index (χ3v) is 4.13. The van der Waals surface area contributed by atoms with Gasteiger partial charge in [0.2, 0.25) is 0 Å². The van der Waals surface area contributed by atoms with Crippen LogP contribution in [-0.4, -0.2) is 39.4 Å². The van der Waals surface area contributed by atoms with E-state index in [4.69, 9.17) is 0 Å². The predicted octanol–water partition coefficient (Wildman–Crippen LogP) is 2.28. The predicted molar refractivity (Wildman–Crippen MR) is 98.8 cm³/mol. The number of hydrogen-bond donors (Lipinski definition) is 1. The molecule has 0 radical (unpaired) electrons. The summed E-state index contributed by atoms with van der Waals surface area (Å²) in [4.78, 5) is 42.7. The first-order valence-corrected chi connectivity index (χ1v) is 8.58. The number of rotatable bonds is 5. The minimum absolute atomic E-state index is 0.0467. The fourth-order valence-corrected chi connectivity index (χ4v) is 2.71. The number of nitrogens with zero attached hydrogens (tertiary/aromatic N) is 3. The molecular formula is C17H19BrN4O3. The Labute approximate surface area is 153 Å². The lowest BCUT2D eigenvalue weighted by atomic mass is 10.2. The van der Waals surface area contributed by atoms with E-state index in [1.165, 1.54) is 30.1 Å². The monoisotopic (exact) mass is 406 g/mol. The van der Waals surface area contributed by atoms with Crippen molar-refractivity contribution >= 4 is 33.4 Å². The second kappa shape index (κ2) is 8.06. The Morgan fingerprint density at radius 3 is 2.48 bits per heavy atom. The third-order valence-electron chi connectivity index (χ3n) is 3.70. The Hall–Kier alpha value is -2.48. The van der Waals surface area contributed by atoms with Gasteiger partial charge in [-0.15, -0.1) is 0 Å². The average Bonchev–Trinajstić information content (AvgIpc) is 2.59. The van der Waals surface area contributed by atoms with Crippen molar-refractivity contribution in [2.24, 2.45) is 7.05 Å². The molecule has 0 unspecified atom stereocenters. The average molecular weight is 407 g/mol. The molecule has 0 fully saturated rings. The van der Waals surface area contributed by atoms with Crippen molar-refractivity contribution in [3.8, 4) is 0 Å². The van der Waals surface area contributed by atoms with Crippen molar-refractivity contribution in [2.45, 2.75) is 13.8 Å². The summed E-state index contributed by atoms with van der Waals surface area (Å²) in [5.74, 6) is -0.668. The van der Waals surface area contributed by atoms with Gasteiger partial charge in [-0.3, -0.25) is 19.4 Å². The summed E-state index contributed by atoms with van der Waals surface area (Å²) < 4.78 is 1.93. The van der Waals surface area contributed by atoms with Crippen LogP contribution in [0.1, 0.15) is 34.6 Å². The second-order valence-corrected chi connectivity index (χ2v) is 6.30. The van der Waals surface area contributed by atoms with Crippen LogP contribution in [0.2, 0.25) is 0 Å². The zero-order chi connectivity index (χ0) is 18.6. The number of halogens is 1. The highest BCUT2D eigenvalue weighted by Crippen LogP contribution is 2.13. The molecule has 132 valence electrons. The molecular weight excluding hydrogens is 388 g/mol. The van der Waals surface area contributed by atoms with Crippen LogP contribution in [-0.2, 0) is 7.05 Å². The summed E-state index contributed by atoms with van der Waals surface area (Å²) in [7, 11) is 1.54. The zero-order valence-electron chi connectivity index (χ0n) is 14.2. The van der Waals surface area contributed by atoms with Crippen molar-refractivity contribution in [1.29, 1.82) is 0 Å². The molecule has 0 spiro atoms. The minimum atomic E-state index is -0.474. The SMILES string of the molecule is CCN(CC)C(=O)c1cc(NC(=O)c2cncc(Br)c2)c(=O)n(C)c1. The van der Waals surface area contributed by atoms with Gasteiger partial charge in [0.05, 0.1) is 11.1 Å². The van der Waals surface area contributed by atoms with Crippen LogP contribution in [0.5, 0.6) is 0 Å². The standard InChI is InChI=1S/C17H19BrN4O3/c1-4-22(5-2)16(24)12-7-14(17(25)21(3)10-12)20-15(23)11-6-13(18)9-19-8-11/h6-10H,4-5H2,1-3H3,(H,20,23). The molecule has 2 aromatic rings. The Morgan fingerprint density at radius 2 is 1.88 bits per heavy atom. The molecule has 2 rings (SSSR count). The van der Waals surface area contributed by atoms with Crippen LogP contribution in [0.3, 0.4) is 0 Å². The van der Waals surface area contributed by atoms with Gasteiger partial charge in [-0.25, -0.2) is 0 Å². The van der Waals surface area contributed by atoms with E-state index in [-0.39, 0.29) is 11.6 Å². The lowest BCUT2D eigenvalue weighted by molar-refractivity contribution is 0.0771. The molecule has 1 N–H and O–H groups in total. The van der Waals surface area contributed by atoms with Crippen molar-refractivity contribution in [3.05, 3.63) is 56.7 Å². The fraction of sp³-hybridized carbons (Fsp3) is 0.294. The molecule has 0 atom stereocenters. The van der Waals surface area contributed by atoms with E-state index >= 15 is 0 Å². The van der Waals surface area contributed by atoms with Gasteiger partial charge in [0.25, 0.3) is 17.4 Å². The topological polar surface area (TPSA) is 84.3 Å². The maximum Gasteiger partial charge on any atom is 0.274 e. The first-order valence-electron chi connectivity index (χ1n) is 7.79. The quantitative estimate of drug-likeness (QED) is 0.825. The van der Waals surface area contributed by atoms with Crippen molar-refractivity contribution < 1.29 is 9.59 Å². The second-order valence-electron chi connectivity index (χ2n) is 5.38. The Morgan fingerprint density at radius 1 is 1.20 bits per heavy atom. The van der Waals surface area contributed by atoms with Gasteiger partial charge in [-0.05, 0) is 41.9 Å². The number of pyridine rings is 2. The lowest BCUT2D eigenvalue weighted by Crippen LogP contribution is -2.32. The summed E-state index contributed by atoms with van der Waals surface area (Å²) in [6.45, 7) is 4.88. The number of carbonyl (C=O) groups is 2. The van der Waals surface area contributed by atoms with E-state index in [0.29, 0.717) is 28.7 Å². The smallest absolute Gasteiger partial charge is 0.274 e. The van der Waals surface area contributed by atoms with Gasteiger partial charge < -0.3 is 14.8 Å². The van der Waals surface area contributed by atoms with Gasteiger partial charge in [0.1, 0.15) is 5.69 Å². The number of amides is 2. The van der Waals surface area contributed by atoms with Crippen LogP contribution >= 0.6 is 15.9 Å². The van der Waals surface area contributed by atoms with E-state index in [1.807, 2.05) is 13.8 Å². The van der Waals surface area contributed by atoms with Crippen LogP contribution in [0.4, 0.5) is 5.69 Å². The third kappa shape index (κ3) is 4.33. The molecule has 0 bridgehead atoms. The summed E-state index contributed by atoms with van der Waals surface area (Å²) in [6.07, 6.45) is 4.42. The van der Waals surface area contributed by atoms with Gasteiger partial charge in [0, 0.05) is 43.2 Å². The van der Waals surface area contributed by atoms with E-state index in [0.717, 1.165) is 0 Å². The van der Waals surface area contributed by atoms with E-state index in [9.17, 15) is 14.4 Å². The number of nitrogens with one attached hydrogen (secondary N) is 1. The summed E-state index contributed by atoms with van der Waals surface area (Å²) >= 11 is 3.25. The molecule has 0 saturated heterocycles. The van der Waals surface area contributed by atoms with Crippen molar-refractivity contribution in [1.82, 2.24) is 14.5 Å². The number of aryl methyl sites for hydroxylation is 1. The van der Waals surface area contributed by atoms with Gasteiger partial charge in [0.15, 0.2) is 0 Å². The zero-order valence-corrected chi connectivity index (χ0v) is 15.8. The fourth-order valence-electron chi connectivity index (χ4n) is 2.34. The molecule has 8 heteroatoms. The molecule has 2 amide bonds. The van der Waals surface area contributed by atoms with Crippen molar-refractivity contribution in [3.63, 3.8) is 0 Å². The maximum absolute atomic E-state index is 12.5. The molecule has 0 aromatic carbocycles. The summed E-state index contributed by atoms with van der Waals surface area (Å²) in [6, 6.07) is 3.00. The lowest BCUT2D eigenvalue weighted by Gasteiger charge is -2.19. The highest BCUT2D eigenvalue weighted by Gasteiger charge is 2.17. The maximum atomic E-state index is 12.5. The van der Waals surface area contributed by atoms with Crippen LogP contribution in [0.15, 0.2) is 40.0 Å². The molecule has 2 heterocycles.